The van der Waals surface area contributed by atoms with E-state index in [1.807, 2.05) is 57.1 Å². The summed E-state index contributed by atoms with van der Waals surface area (Å²) in [7, 11) is 0. The molecule has 0 aromatic carbocycles. The molecule has 1 aromatic rings. The Kier molecular flexibility index (Phi) is 5.65. The van der Waals surface area contributed by atoms with Gasteiger partial charge in [-0.2, -0.15) is 0 Å². The number of pyridine rings is 1. The van der Waals surface area contributed by atoms with Gasteiger partial charge in [0, 0.05) is 17.9 Å². The third-order valence-corrected chi connectivity index (χ3v) is 5.13. The molecule has 0 aliphatic carbocycles. The van der Waals surface area contributed by atoms with Crippen molar-refractivity contribution in [2.45, 2.75) is 45.4 Å². The van der Waals surface area contributed by atoms with Crippen LogP contribution in [0.1, 0.15) is 46.4 Å². The summed E-state index contributed by atoms with van der Waals surface area (Å²) in [5, 5.41) is 0. The van der Waals surface area contributed by atoms with Crippen LogP contribution < -0.4 is 0 Å². The van der Waals surface area contributed by atoms with Gasteiger partial charge >= 0.3 is 0 Å². The van der Waals surface area contributed by atoms with Crippen LogP contribution in [-0.4, -0.2) is 25.1 Å². The van der Waals surface area contributed by atoms with Gasteiger partial charge in [0.1, 0.15) is 9.35 Å². The van der Waals surface area contributed by atoms with Gasteiger partial charge in [-0.3, -0.25) is 0 Å². The molecule has 102 valence electrons. The first-order chi connectivity index (χ1) is 8.27. The first kappa shape index (κ1) is 16.0. The Morgan fingerprint density at radius 1 is 1.44 bits per heavy atom. The van der Waals surface area contributed by atoms with Gasteiger partial charge in [-0.15, -0.1) is 4.31 Å². The molecule has 0 aliphatic heterocycles. The Morgan fingerprint density at radius 2 is 2.06 bits per heavy atom. The summed E-state index contributed by atoms with van der Waals surface area (Å²) in [5.41, 5.74) is 0.934. The van der Waals surface area contributed by atoms with Gasteiger partial charge in [-0.25, -0.2) is 4.98 Å². The van der Waals surface area contributed by atoms with E-state index in [-0.39, 0.29) is 10.8 Å². The van der Waals surface area contributed by atoms with Crippen LogP contribution in [-0.2, 0) is 11.4 Å². The monoisotopic (exact) mass is 332 g/mol. The van der Waals surface area contributed by atoms with Crippen LogP contribution in [0.2, 0.25) is 0 Å². The Morgan fingerprint density at radius 3 is 2.50 bits per heavy atom. The fraction of sp³-hybridized carbons (Fsp3) is 0.615. The SMILES string of the molecule is CCN(C(C)c1cccc(Br)n1)[S+]([O-])C(C)(C)C. The molecule has 18 heavy (non-hydrogen) atoms. The average molecular weight is 333 g/mol. The summed E-state index contributed by atoms with van der Waals surface area (Å²) in [4.78, 5) is 4.45. The second kappa shape index (κ2) is 6.37. The zero-order valence-corrected chi connectivity index (χ0v) is 14.0. The number of hydrogen-bond donors (Lipinski definition) is 0. The van der Waals surface area contributed by atoms with Crippen molar-refractivity contribution in [2.75, 3.05) is 6.54 Å². The standard InChI is InChI=1S/C13H21BrN2OS/c1-6-16(18(17)13(3,4)5)10(2)11-8-7-9-12(14)15-11/h7-10H,6H2,1-5H3. The second-order valence-electron chi connectivity index (χ2n) is 5.16. The predicted octanol–water partition coefficient (Wildman–Crippen LogP) is 3.69. The number of hydrogen-bond acceptors (Lipinski definition) is 3. The summed E-state index contributed by atoms with van der Waals surface area (Å²) in [6.45, 7) is 10.8. The molecule has 0 fully saturated rings. The third-order valence-electron chi connectivity index (χ3n) is 2.65. The van der Waals surface area contributed by atoms with Gasteiger partial charge in [0.05, 0.1) is 11.7 Å². The highest BCUT2D eigenvalue weighted by Crippen LogP contribution is 2.29. The lowest BCUT2D eigenvalue weighted by molar-refractivity contribution is 0.339. The van der Waals surface area contributed by atoms with Crippen LogP contribution in [0.25, 0.3) is 0 Å². The Balaban J connectivity index is 2.96. The van der Waals surface area contributed by atoms with E-state index in [0.717, 1.165) is 16.8 Å². The van der Waals surface area contributed by atoms with Crippen molar-refractivity contribution < 1.29 is 4.55 Å². The van der Waals surface area contributed by atoms with E-state index in [2.05, 4.69) is 20.9 Å². The maximum atomic E-state index is 12.5. The quantitative estimate of drug-likeness (QED) is 0.623. The van der Waals surface area contributed by atoms with Crippen LogP contribution >= 0.6 is 15.9 Å². The van der Waals surface area contributed by atoms with Crippen molar-refractivity contribution in [1.82, 2.24) is 9.29 Å². The molecule has 1 rings (SSSR count). The van der Waals surface area contributed by atoms with E-state index in [1.165, 1.54) is 0 Å². The minimum Gasteiger partial charge on any atom is -0.597 e. The molecule has 0 aliphatic rings. The zero-order valence-electron chi connectivity index (χ0n) is 11.6. The highest BCUT2D eigenvalue weighted by Gasteiger charge is 2.36. The van der Waals surface area contributed by atoms with E-state index >= 15 is 0 Å². The third kappa shape index (κ3) is 3.95. The Hall–Kier alpha value is -0.100. The van der Waals surface area contributed by atoms with Crippen LogP contribution in [0.5, 0.6) is 0 Å². The van der Waals surface area contributed by atoms with Crippen molar-refractivity contribution >= 4 is 27.3 Å². The largest absolute Gasteiger partial charge is 0.597 e. The van der Waals surface area contributed by atoms with E-state index in [4.69, 9.17) is 0 Å². The summed E-state index contributed by atoms with van der Waals surface area (Å²) >= 11 is 2.34. The second-order valence-corrected chi connectivity index (χ2v) is 8.16. The van der Waals surface area contributed by atoms with Crippen LogP contribution in [0, 0.1) is 0 Å². The first-order valence-electron chi connectivity index (χ1n) is 6.08. The molecule has 0 saturated heterocycles. The molecular weight excluding hydrogens is 312 g/mol. The first-order valence-corrected chi connectivity index (χ1v) is 7.98. The molecule has 1 aromatic heterocycles. The fourth-order valence-electron chi connectivity index (χ4n) is 1.69. The zero-order chi connectivity index (χ0) is 13.9. The number of aromatic nitrogens is 1. The van der Waals surface area contributed by atoms with Gasteiger partial charge in [0.15, 0.2) is 0 Å². The molecule has 3 nitrogen and oxygen atoms in total. The normalized spacial score (nSPS) is 15.8. The van der Waals surface area contributed by atoms with Crippen molar-refractivity contribution in [3.63, 3.8) is 0 Å². The molecule has 0 bridgehead atoms. The van der Waals surface area contributed by atoms with Crippen molar-refractivity contribution in [3.8, 4) is 0 Å². The van der Waals surface area contributed by atoms with E-state index in [1.54, 1.807) is 0 Å². The fourth-order valence-corrected chi connectivity index (χ4v) is 3.38. The summed E-state index contributed by atoms with van der Waals surface area (Å²) < 4.78 is 15.0. The van der Waals surface area contributed by atoms with Crippen molar-refractivity contribution in [2.24, 2.45) is 0 Å². The molecule has 2 atom stereocenters. The van der Waals surface area contributed by atoms with Crippen molar-refractivity contribution in [3.05, 3.63) is 28.5 Å². The minimum absolute atomic E-state index is 0.0348. The Bertz CT molecular complexity index is 395. The molecule has 0 spiro atoms. The molecule has 5 heteroatoms. The molecule has 0 amide bonds. The topological polar surface area (TPSA) is 39.2 Å². The summed E-state index contributed by atoms with van der Waals surface area (Å²) in [6.07, 6.45) is 0. The molecule has 2 unspecified atom stereocenters. The lowest BCUT2D eigenvalue weighted by atomic mass is 10.2. The molecule has 0 saturated carbocycles. The van der Waals surface area contributed by atoms with E-state index < -0.39 is 11.4 Å². The number of nitrogens with zero attached hydrogens (tertiary/aromatic N) is 2. The highest BCUT2D eigenvalue weighted by atomic mass is 79.9. The highest BCUT2D eigenvalue weighted by molar-refractivity contribution is 9.10. The van der Waals surface area contributed by atoms with E-state index in [0.29, 0.717) is 0 Å². The van der Waals surface area contributed by atoms with E-state index in [9.17, 15) is 4.55 Å². The van der Waals surface area contributed by atoms with Crippen LogP contribution in [0.4, 0.5) is 0 Å². The maximum Gasteiger partial charge on any atom is 0.137 e. The molecule has 0 N–H and O–H groups in total. The van der Waals surface area contributed by atoms with Gasteiger partial charge in [-0.05, 0) is 62.7 Å². The smallest absolute Gasteiger partial charge is 0.137 e. The van der Waals surface area contributed by atoms with Gasteiger partial charge in [0.2, 0.25) is 0 Å². The maximum absolute atomic E-state index is 12.5. The molecule has 0 radical (unpaired) electrons. The van der Waals surface area contributed by atoms with Gasteiger partial charge < -0.3 is 4.55 Å². The van der Waals surface area contributed by atoms with Crippen LogP contribution in [0.3, 0.4) is 0 Å². The van der Waals surface area contributed by atoms with Gasteiger partial charge in [-0.1, -0.05) is 6.07 Å². The minimum atomic E-state index is -1.03. The van der Waals surface area contributed by atoms with Gasteiger partial charge in [0.25, 0.3) is 0 Å². The number of rotatable bonds is 4. The molecule has 1 heterocycles. The lowest BCUT2D eigenvalue weighted by Gasteiger charge is -2.35. The summed E-state index contributed by atoms with van der Waals surface area (Å²) in [6, 6.07) is 5.86. The van der Waals surface area contributed by atoms with Crippen LogP contribution in [0.15, 0.2) is 22.8 Å². The number of halogens is 1. The predicted molar refractivity (Wildman–Crippen MR) is 80.6 cm³/mol. The van der Waals surface area contributed by atoms with Crippen molar-refractivity contribution in [1.29, 1.82) is 0 Å². The molecular formula is C13H21BrN2OS. The average Bonchev–Trinajstić information content (AvgIpc) is 2.28. The Labute approximate surface area is 121 Å². The summed E-state index contributed by atoms with van der Waals surface area (Å²) in [5.74, 6) is 0. The lowest BCUT2D eigenvalue weighted by Crippen LogP contribution is -2.44.